The number of aryl methyl sites for hydroxylation is 1. The van der Waals surface area contributed by atoms with Crippen molar-refractivity contribution in [2.45, 2.75) is 31.3 Å². The molecule has 0 fully saturated rings. The van der Waals surface area contributed by atoms with Gasteiger partial charge in [0.15, 0.2) is 9.84 Å². The second-order valence-electron chi connectivity index (χ2n) is 9.69. The molecule has 0 radical (unpaired) electrons. The smallest absolute Gasteiger partial charge is 0.175 e. The molecule has 0 atom stereocenters. The minimum absolute atomic E-state index is 0.311. The Kier molecular flexibility index (Phi) is 8.05. The molecule has 0 aliphatic rings. The molecule has 0 bridgehead atoms. The van der Waals surface area contributed by atoms with E-state index in [0.29, 0.717) is 16.5 Å². The van der Waals surface area contributed by atoms with E-state index in [1.54, 1.807) is 29.5 Å². The van der Waals surface area contributed by atoms with Crippen LogP contribution in [-0.4, -0.2) is 36.4 Å². The van der Waals surface area contributed by atoms with Gasteiger partial charge in [0, 0.05) is 24.2 Å². The van der Waals surface area contributed by atoms with Crippen molar-refractivity contribution in [1.29, 1.82) is 0 Å². The largest absolute Gasteiger partial charge is 0.296 e. The van der Waals surface area contributed by atoms with E-state index in [2.05, 4.69) is 55.3 Å². The van der Waals surface area contributed by atoms with Crippen molar-refractivity contribution in [1.82, 2.24) is 14.7 Å². The summed E-state index contributed by atoms with van der Waals surface area (Å²) in [5, 5.41) is 5.59. The van der Waals surface area contributed by atoms with Gasteiger partial charge in [-0.2, -0.15) is 5.10 Å². The molecule has 39 heavy (non-hydrogen) atoms. The van der Waals surface area contributed by atoms with Crippen LogP contribution in [0.1, 0.15) is 23.7 Å². The molecule has 0 unspecified atom stereocenters. The van der Waals surface area contributed by atoms with Gasteiger partial charge in [0.05, 0.1) is 31.9 Å². The maximum atomic E-state index is 12.1. The number of rotatable bonds is 9. The lowest BCUT2D eigenvalue weighted by Gasteiger charge is -2.15. The topological polar surface area (TPSA) is 55.2 Å². The van der Waals surface area contributed by atoms with E-state index in [9.17, 15) is 8.42 Å². The predicted octanol–water partition coefficient (Wildman–Crippen LogP) is 7.52. The first-order chi connectivity index (χ1) is 18.7. The molecule has 0 saturated heterocycles. The molecular formula is C31H30ClN3O2S2. The molecule has 5 aromatic rings. The third kappa shape index (κ3) is 6.34. The second-order valence-corrected chi connectivity index (χ2v) is 13.2. The van der Waals surface area contributed by atoms with Crippen LogP contribution in [0.25, 0.3) is 26.7 Å². The minimum atomic E-state index is -3.29. The van der Waals surface area contributed by atoms with Crippen molar-refractivity contribution in [3.63, 3.8) is 0 Å². The van der Waals surface area contributed by atoms with Crippen molar-refractivity contribution in [2.24, 2.45) is 0 Å². The van der Waals surface area contributed by atoms with Gasteiger partial charge in [0.1, 0.15) is 0 Å². The lowest BCUT2D eigenvalue weighted by Crippen LogP contribution is -2.17. The van der Waals surface area contributed by atoms with Gasteiger partial charge in [0.25, 0.3) is 0 Å². The van der Waals surface area contributed by atoms with E-state index in [-0.39, 0.29) is 0 Å². The Labute approximate surface area is 239 Å². The number of para-hydroxylation sites is 1. The molecule has 200 valence electrons. The Morgan fingerprint density at radius 2 is 1.59 bits per heavy atom. The summed E-state index contributed by atoms with van der Waals surface area (Å²) in [6.07, 6.45) is 2.26. The molecule has 0 N–H and O–H groups in total. The summed E-state index contributed by atoms with van der Waals surface area (Å²) in [7, 11) is -1.19. The molecule has 3 aromatic carbocycles. The summed E-state index contributed by atoms with van der Waals surface area (Å²) in [6, 6.07) is 29.7. The summed E-state index contributed by atoms with van der Waals surface area (Å²) in [6.45, 7) is 3.66. The van der Waals surface area contributed by atoms with Crippen LogP contribution in [0.4, 0.5) is 0 Å². The zero-order chi connectivity index (χ0) is 27.6. The molecule has 0 aliphatic carbocycles. The Bertz CT molecular complexity index is 1710. The van der Waals surface area contributed by atoms with Crippen molar-refractivity contribution >= 4 is 32.8 Å². The summed E-state index contributed by atoms with van der Waals surface area (Å²) in [4.78, 5) is 4.56. The normalized spacial score (nSPS) is 11.8. The Balaban J connectivity index is 1.47. The number of aromatic nitrogens is 2. The minimum Gasteiger partial charge on any atom is -0.296 e. The first kappa shape index (κ1) is 27.3. The molecule has 5 nitrogen and oxygen atoms in total. The standard InChI is InChI=1S/C31H30ClN3O2S2/c1-4-22-12-14-23(15-13-22)20-34(2)21-25-19-29(35(33-25)28-11-6-5-10-27(28)32)31-17-16-30(38-31)24-8-7-9-26(18-24)39(3,36)37/h5-19H,4,20-21H2,1-3H3. The van der Waals surface area contributed by atoms with Crippen molar-refractivity contribution < 1.29 is 8.42 Å². The van der Waals surface area contributed by atoms with Crippen molar-refractivity contribution in [2.75, 3.05) is 13.3 Å². The number of thiophene rings is 1. The van der Waals surface area contributed by atoms with E-state index in [4.69, 9.17) is 16.7 Å². The Hall–Kier alpha value is -3.23. The fraction of sp³-hybridized carbons (Fsp3) is 0.194. The Morgan fingerprint density at radius 3 is 2.31 bits per heavy atom. The molecule has 2 aromatic heterocycles. The molecule has 2 heterocycles. The SMILES string of the molecule is CCc1ccc(CN(C)Cc2cc(-c3ccc(-c4cccc(S(C)(=O)=O)c4)s3)n(-c3ccccc3Cl)n2)cc1. The van der Waals surface area contributed by atoms with E-state index >= 15 is 0 Å². The van der Waals surface area contributed by atoms with Gasteiger partial charge in [-0.3, -0.25) is 4.90 Å². The molecule has 8 heteroatoms. The Morgan fingerprint density at radius 1 is 0.872 bits per heavy atom. The number of nitrogens with zero attached hydrogens (tertiary/aromatic N) is 3. The molecule has 5 rings (SSSR count). The van der Waals surface area contributed by atoms with Gasteiger partial charge in [-0.05, 0) is 72.6 Å². The van der Waals surface area contributed by atoms with E-state index in [0.717, 1.165) is 45.4 Å². The van der Waals surface area contributed by atoms with E-state index in [1.807, 2.05) is 41.1 Å². The van der Waals surface area contributed by atoms with Crippen molar-refractivity contribution in [3.05, 3.63) is 113 Å². The number of hydrogen-bond donors (Lipinski definition) is 0. The maximum absolute atomic E-state index is 12.1. The van der Waals surface area contributed by atoms with Crippen LogP contribution in [0.15, 0.2) is 95.9 Å². The van der Waals surface area contributed by atoms with Crippen LogP contribution >= 0.6 is 22.9 Å². The number of benzene rings is 3. The average molecular weight is 576 g/mol. The highest BCUT2D eigenvalue weighted by Crippen LogP contribution is 2.37. The van der Waals surface area contributed by atoms with E-state index in [1.165, 1.54) is 17.4 Å². The van der Waals surface area contributed by atoms with Gasteiger partial charge < -0.3 is 0 Å². The summed E-state index contributed by atoms with van der Waals surface area (Å²) < 4.78 is 26.1. The monoisotopic (exact) mass is 575 g/mol. The molecular weight excluding hydrogens is 546 g/mol. The fourth-order valence-corrected chi connectivity index (χ4v) is 6.41. The van der Waals surface area contributed by atoms with Gasteiger partial charge in [-0.1, -0.05) is 67.1 Å². The highest BCUT2D eigenvalue weighted by atomic mass is 35.5. The molecule has 0 aliphatic heterocycles. The van der Waals surface area contributed by atoms with Gasteiger partial charge in [0.2, 0.25) is 0 Å². The van der Waals surface area contributed by atoms with Crippen LogP contribution in [-0.2, 0) is 29.3 Å². The third-order valence-electron chi connectivity index (χ3n) is 6.56. The van der Waals surface area contributed by atoms with Crippen LogP contribution in [0.3, 0.4) is 0 Å². The first-order valence-electron chi connectivity index (χ1n) is 12.7. The van der Waals surface area contributed by atoms with Gasteiger partial charge >= 0.3 is 0 Å². The quantitative estimate of drug-likeness (QED) is 0.182. The lowest BCUT2D eigenvalue weighted by atomic mass is 10.1. The summed E-state index contributed by atoms with van der Waals surface area (Å²) in [5.41, 5.74) is 6.16. The van der Waals surface area contributed by atoms with Crippen LogP contribution < -0.4 is 0 Å². The lowest BCUT2D eigenvalue weighted by molar-refractivity contribution is 0.314. The van der Waals surface area contributed by atoms with Gasteiger partial charge in [-0.25, -0.2) is 13.1 Å². The summed E-state index contributed by atoms with van der Waals surface area (Å²) in [5.74, 6) is 0. The highest BCUT2D eigenvalue weighted by molar-refractivity contribution is 7.90. The van der Waals surface area contributed by atoms with Crippen molar-refractivity contribution in [3.8, 4) is 26.7 Å². The summed E-state index contributed by atoms with van der Waals surface area (Å²) >= 11 is 8.20. The molecule has 0 spiro atoms. The first-order valence-corrected chi connectivity index (χ1v) is 15.8. The average Bonchev–Trinajstić information content (AvgIpc) is 3.56. The highest BCUT2D eigenvalue weighted by Gasteiger charge is 2.18. The van der Waals surface area contributed by atoms with Crippen LogP contribution in [0, 0.1) is 0 Å². The number of sulfone groups is 1. The zero-order valence-corrected chi connectivity index (χ0v) is 24.5. The predicted molar refractivity (Wildman–Crippen MR) is 161 cm³/mol. The fourth-order valence-electron chi connectivity index (χ4n) is 4.53. The zero-order valence-electron chi connectivity index (χ0n) is 22.1. The van der Waals surface area contributed by atoms with E-state index < -0.39 is 9.84 Å². The van der Waals surface area contributed by atoms with Crippen LogP contribution in [0.5, 0.6) is 0 Å². The molecule has 0 amide bonds. The number of halogens is 1. The van der Waals surface area contributed by atoms with Gasteiger partial charge in [-0.15, -0.1) is 11.3 Å². The second kappa shape index (κ2) is 11.5. The molecule has 0 saturated carbocycles. The third-order valence-corrected chi connectivity index (χ3v) is 9.15. The van der Waals surface area contributed by atoms with Crippen LogP contribution in [0.2, 0.25) is 5.02 Å². The number of hydrogen-bond acceptors (Lipinski definition) is 5. The maximum Gasteiger partial charge on any atom is 0.175 e.